The van der Waals surface area contributed by atoms with Crippen LogP contribution < -0.4 is 14.2 Å². The summed E-state index contributed by atoms with van der Waals surface area (Å²) in [6, 6.07) is 17.9. The molecule has 8 heteroatoms. The van der Waals surface area contributed by atoms with Gasteiger partial charge in [0.1, 0.15) is 11.5 Å². The molecule has 3 aromatic rings. The van der Waals surface area contributed by atoms with Crippen molar-refractivity contribution in [2.24, 2.45) is 0 Å². The van der Waals surface area contributed by atoms with Gasteiger partial charge in [0, 0.05) is 17.1 Å². The molecule has 1 fully saturated rings. The number of Topliss-reactive ketones (excluding diaryl/α,β-unsaturated/α-hetero) is 1. The molecule has 1 amide bonds. The molecule has 1 saturated heterocycles. The maximum Gasteiger partial charge on any atom is 0.295 e. The van der Waals surface area contributed by atoms with E-state index in [1.807, 2.05) is 0 Å². The van der Waals surface area contributed by atoms with Gasteiger partial charge in [-0.2, -0.15) is 0 Å². The number of carbonyl (C=O) groups excluding carboxylic acids is 2. The van der Waals surface area contributed by atoms with Gasteiger partial charge in [-0.05, 0) is 59.7 Å². The Morgan fingerprint density at radius 3 is 2.14 bits per heavy atom. The van der Waals surface area contributed by atoms with Gasteiger partial charge < -0.3 is 24.2 Å². The molecule has 1 atom stereocenters. The molecule has 1 aliphatic heterocycles. The maximum absolute atomic E-state index is 13.2. The number of methoxy groups -OCH3 is 3. The van der Waals surface area contributed by atoms with Crippen LogP contribution in [0.2, 0.25) is 5.02 Å². The van der Waals surface area contributed by atoms with Crippen molar-refractivity contribution in [3.05, 3.63) is 94.0 Å². The van der Waals surface area contributed by atoms with Crippen molar-refractivity contribution in [1.29, 1.82) is 0 Å². The molecule has 0 spiro atoms. The molecular weight excluding hydrogens is 470 g/mol. The molecular formula is C27H24ClNO6. The minimum Gasteiger partial charge on any atom is -0.507 e. The highest BCUT2D eigenvalue weighted by molar-refractivity contribution is 6.46. The zero-order chi connectivity index (χ0) is 25.1. The fourth-order valence-corrected chi connectivity index (χ4v) is 4.24. The second-order valence-electron chi connectivity index (χ2n) is 7.90. The highest BCUT2D eigenvalue weighted by atomic mass is 35.5. The Morgan fingerprint density at radius 2 is 1.54 bits per heavy atom. The summed E-state index contributed by atoms with van der Waals surface area (Å²) in [5, 5.41) is 11.6. The Balaban J connectivity index is 1.83. The first kappa shape index (κ1) is 24.2. The van der Waals surface area contributed by atoms with Crippen molar-refractivity contribution >= 4 is 29.1 Å². The number of hydrogen-bond donors (Lipinski definition) is 1. The SMILES string of the molecule is COc1ccc(C2/C(=C(\O)c3ccc(Cl)cc3)C(=O)C(=O)N2Cc2ccc(OC)c(OC)c2)cc1. The van der Waals surface area contributed by atoms with E-state index < -0.39 is 17.7 Å². The van der Waals surface area contributed by atoms with Crippen LogP contribution in [0.25, 0.3) is 5.76 Å². The molecule has 0 aliphatic carbocycles. The van der Waals surface area contributed by atoms with E-state index in [1.165, 1.54) is 19.1 Å². The van der Waals surface area contributed by atoms with Gasteiger partial charge in [-0.25, -0.2) is 0 Å². The van der Waals surface area contributed by atoms with Gasteiger partial charge in [-0.3, -0.25) is 9.59 Å². The van der Waals surface area contributed by atoms with Crippen LogP contribution >= 0.6 is 11.6 Å². The Labute approximate surface area is 208 Å². The predicted octanol–water partition coefficient (Wildman–Crippen LogP) is 4.99. The molecule has 7 nitrogen and oxygen atoms in total. The van der Waals surface area contributed by atoms with Crippen LogP contribution in [0.15, 0.2) is 72.3 Å². The number of rotatable bonds is 7. The second-order valence-corrected chi connectivity index (χ2v) is 8.33. The number of benzene rings is 3. The van der Waals surface area contributed by atoms with E-state index in [0.29, 0.717) is 33.4 Å². The molecule has 0 bridgehead atoms. The lowest BCUT2D eigenvalue weighted by Crippen LogP contribution is -2.29. The van der Waals surface area contributed by atoms with Gasteiger partial charge >= 0.3 is 0 Å². The number of aliphatic hydroxyl groups is 1. The lowest BCUT2D eigenvalue weighted by molar-refractivity contribution is -0.140. The molecule has 180 valence electrons. The van der Waals surface area contributed by atoms with Crippen molar-refractivity contribution in [3.8, 4) is 17.2 Å². The Kier molecular flexibility index (Phi) is 6.98. The lowest BCUT2D eigenvalue weighted by Gasteiger charge is -2.26. The fourth-order valence-electron chi connectivity index (χ4n) is 4.11. The summed E-state index contributed by atoms with van der Waals surface area (Å²) < 4.78 is 15.9. The first-order valence-electron chi connectivity index (χ1n) is 10.8. The lowest BCUT2D eigenvalue weighted by atomic mass is 9.95. The minimum absolute atomic E-state index is 0.00275. The van der Waals surface area contributed by atoms with Gasteiger partial charge in [0.2, 0.25) is 0 Å². The second kappa shape index (κ2) is 10.1. The normalized spacial score (nSPS) is 16.9. The number of ketones is 1. The van der Waals surface area contributed by atoms with Crippen LogP contribution in [-0.4, -0.2) is 43.0 Å². The van der Waals surface area contributed by atoms with Gasteiger partial charge in [-0.15, -0.1) is 0 Å². The summed E-state index contributed by atoms with van der Waals surface area (Å²) in [7, 11) is 4.62. The first-order chi connectivity index (χ1) is 16.9. The maximum atomic E-state index is 13.2. The van der Waals surface area contributed by atoms with Crippen LogP contribution in [0.5, 0.6) is 17.2 Å². The number of aliphatic hydroxyl groups excluding tert-OH is 1. The van der Waals surface area contributed by atoms with Crippen LogP contribution in [0.3, 0.4) is 0 Å². The van der Waals surface area contributed by atoms with Crippen molar-refractivity contribution in [2.45, 2.75) is 12.6 Å². The zero-order valence-corrected chi connectivity index (χ0v) is 20.2. The van der Waals surface area contributed by atoms with Gasteiger partial charge in [0.05, 0.1) is 32.9 Å². The number of amides is 1. The zero-order valence-electron chi connectivity index (χ0n) is 19.4. The van der Waals surface area contributed by atoms with Crippen LogP contribution in [0.1, 0.15) is 22.7 Å². The fraction of sp³-hybridized carbons (Fsp3) is 0.185. The van der Waals surface area contributed by atoms with E-state index in [9.17, 15) is 14.7 Å². The standard InChI is InChI=1S/C27H24ClNO6/c1-33-20-11-7-17(8-12-20)24-23(25(30)18-5-9-19(28)10-6-18)26(31)27(32)29(24)15-16-4-13-21(34-2)22(14-16)35-3/h4-14,24,30H,15H2,1-3H3/b25-23+. The summed E-state index contributed by atoms with van der Waals surface area (Å²) in [5.74, 6) is -0.0645. The third-order valence-electron chi connectivity index (χ3n) is 5.89. The van der Waals surface area contributed by atoms with Crippen LogP contribution in [0.4, 0.5) is 0 Å². The number of likely N-dealkylation sites (tertiary alicyclic amines) is 1. The highest BCUT2D eigenvalue weighted by Gasteiger charge is 2.46. The topological polar surface area (TPSA) is 85.3 Å². The van der Waals surface area contributed by atoms with Gasteiger partial charge in [0.15, 0.2) is 11.5 Å². The van der Waals surface area contributed by atoms with Crippen molar-refractivity contribution in [3.63, 3.8) is 0 Å². The molecule has 35 heavy (non-hydrogen) atoms. The number of hydrogen-bond acceptors (Lipinski definition) is 6. The molecule has 0 aromatic heterocycles. The van der Waals surface area contributed by atoms with Gasteiger partial charge in [-0.1, -0.05) is 29.8 Å². The summed E-state index contributed by atoms with van der Waals surface area (Å²) in [4.78, 5) is 27.9. The summed E-state index contributed by atoms with van der Waals surface area (Å²) in [6.07, 6.45) is 0. The smallest absolute Gasteiger partial charge is 0.295 e. The average Bonchev–Trinajstić information content (AvgIpc) is 3.13. The molecule has 1 heterocycles. The van der Waals surface area contributed by atoms with E-state index in [2.05, 4.69) is 0 Å². The first-order valence-corrected chi connectivity index (χ1v) is 11.1. The van der Waals surface area contributed by atoms with Crippen LogP contribution in [-0.2, 0) is 16.1 Å². The molecule has 3 aromatic carbocycles. The van der Waals surface area contributed by atoms with Gasteiger partial charge in [0.25, 0.3) is 11.7 Å². The number of nitrogens with zero attached hydrogens (tertiary/aromatic N) is 1. The summed E-state index contributed by atoms with van der Waals surface area (Å²) >= 11 is 5.98. The van der Waals surface area contributed by atoms with E-state index in [-0.39, 0.29) is 17.9 Å². The predicted molar refractivity (Wildman–Crippen MR) is 132 cm³/mol. The number of ether oxygens (including phenoxy) is 3. The minimum atomic E-state index is -0.815. The van der Waals surface area contributed by atoms with E-state index in [1.54, 1.807) is 73.8 Å². The Morgan fingerprint density at radius 1 is 0.886 bits per heavy atom. The van der Waals surface area contributed by atoms with Crippen molar-refractivity contribution < 1.29 is 28.9 Å². The quantitative estimate of drug-likeness (QED) is 0.283. The number of halogens is 1. The summed E-state index contributed by atoms with van der Waals surface area (Å²) in [5.41, 5.74) is 1.77. The largest absolute Gasteiger partial charge is 0.507 e. The van der Waals surface area contributed by atoms with E-state index in [0.717, 1.165) is 5.56 Å². The summed E-state index contributed by atoms with van der Waals surface area (Å²) in [6.45, 7) is 0.110. The third kappa shape index (κ3) is 4.68. The van der Waals surface area contributed by atoms with Crippen molar-refractivity contribution in [1.82, 2.24) is 4.90 Å². The van der Waals surface area contributed by atoms with E-state index in [4.69, 9.17) is 25.8 Å². The average molecular weight is 494 g/mol. The number of carbonyl (C=O) groups is 2. The Bertz CT molecular complexity index is 1280. The molecule has 1 unspecified atom stereocenters. The molecule has 0 saturated carbocycles. The third-order valence-corrected chi connectivity index (χ3v) is 6.14. The monoisotopic (exact) mass is 493 g/mol. The molecule has 4 rings (SSSR count). The molecule has 1 N–H and O–H groups in total. The molecule has 1 aliphatic rings. The van der Waals surface area contributed by atoms with Crippen molar-refractivity contribution in [2.75, 3.05) is 21.3 Å². The highest BCUT2D eigenvalue weighted by Crippen LogP contribution is 2.41. The molecule has 0 radical (unpaired) electrons. The Hall–Kier alpha value is -3.97. The van der Waals surface area contributed by atoms with Crippen LogP contribution in [0, 0.1) is 0 Å². The van der Waals surface area contributed by atoms with E-state index >= 15 is 0 Å².